The molecule has 5 nitrogen and oxygen atoms in total. The van der Waals surface area contributed by atoms with Crippen molar-refractivity contribution in [3.63, 3.8) is 0 Å². The van der Waals surface area contributed by atoms with E-state index in [9.17, 15) is 10.1 Å². The van der Waals surface area contributed by atoms with Gasteiger partial charge in [-0.25, -0.2) is 0 Å². The predicted octanol–water partition coefficient (Wildman–Crippen LogP) is 2.35. The van der Waals surface area contributed by atoms with Gasteiger partial charge in [0, 0.05) is 18.5 Å². The van der Waals surface area contributed by atoms with E-state index < -0.39 is 4.92 Å². The molecule has 0 bridgehead atoms. The summed E-state index contributed by atoms with van der Waals surface area (Å²) in [6.45, 7) is 2.56. The van der Waals surface area contributed by atoms with Crippen LogP contribution in [0.1, 0.15) is 6.42 Å². The van der Waals surface area contributed by atoms with Crippen molar-refractivity contribution in [1.29, 1.82) is 0 Å². The van der Waals surface area contributed by atoms with Gasteiger partial charge in [0.05, 0.1) is 22.1 Å². The molecule has 1 aromatic rings. The van der Waals surface area contributed by atoms with Crippen molar-refractivity contribution in [3.05, 3.63) is 32.8 Å². The van der Waals surface area contributed by atoms with E-state index in [1.165, 1.54) is 12.1 Å². The van der Waals surface area contributed by atoms with E-state index in [2.05, 4.69) is 21.2 Å². The molecule has 0 aromatic heterocycles. The van der Waals surface area contributed by atoms with E-state index in [4.69, 9.17) is 4.74 Å². The Labute approximate surface area is 107 Å². The number of halogens is 1. The van der Waals surface area contributed by atoms with E-state index >= 15 is 0 Å². The Balaban J connectivity index is 2.03. The summed E-state index contributed by atoms with van der Waals surface area (Å²) in [5.41, 5.74) is 0.0488. The van der Waals surface area contributed by atoms with Crippen LogP contribution in [0.25, 0.3) is 0 Å². The first-order valence-corrected chi connectivity index (χ1v) is 6.23. The van der Waals surface area contributed by atoms with Crippen LogP contribution in [0.15, 0.2) is 22.7 Å². The lowest BCUT2D eigenvalue weighted by Gasteiger charge is -2.11. The third-order valence-electron chi connectivity index (χ3n) is 2.76. The molecule has 2 rings (SSSR count). The van der Waals surface area contributed by atoms with Crippen molar-refractivity contribution in [2.45, 2.75) is 6.42 Å². The number of nitrogens with zero attached hydrogens (tertiary/aromatic N) is 1. The van der Waals surface area contributed by atoms with Crippen LogP contribution in [0.4, 0.5) is 5.69 Å². The van der Waals surface area contributed by atoms with E-state index in [1.54, 1.807) is 6.07 Å². The number of rotatable bonds is 4. The Bertz CT molecular complexity index is 419. The van der Waals surface area contributed by atoms with Gasteiger partial charge in [-0.1, -0.05) is 0 Å². The molecule has 6 heteroatoms. The summed E-state index contributed by atoms with van der Waals surface area (Å²) in [4.78, 5) is 10.2. The Morgan fingerprint density at radius 1 is 1.59 bits per heavy atom. The molecule has 1 fully saturated rings. The number of ether oxygens (including phenoxy) is 1. The fraction of sp³-hybridized carbons (Fsp3) is 0.455. The third-order valence-corrected chi connectivity index (χ3v) is 3.42. The second-order valence-electron chi connectivity index (χ2n) is 4.04. The highest BCUT2D eigenvalue weighted by Crippen LogP contribution is 2.29. The van der Waals surface area contributed by atoms with Crippen LogP contribution in [0.5, 0.6) is 5.75 Å². The lowest BCUT2D eigenvalue weighted by atomic mass is 10.1. The Kier molecular flexibility index (Phi) is 3.96. The minimum absolute atomic E-state index is 0.0488. The summed E-state index contributed by atoms with van der Waals surface area (Å²) in [6.07, 6.45) is 1.09. The van der Waals surface area contributed by atoms with Crippen molar-refractivity contribution in [3.8, 4) is 5.75 Å². The van der Waals surface area contributed by atoms with Gasteiger partial charge >= 0.3 is 0 Å². The van der Waals surface area contributed by atoms with Crippen LogP contribution in [0.2, 0.25) is 0 Å². The molecule has 1 aliphatic rings. The fourth-order valence-corrected chi connectivity index (χ4v) is 2.14. The van der Waals surface area contributed by atoms with Gasteiger partial charge in [-0.3, -0.25) is 10.1 Å². The molecule has 17 heavy (non-hydrogen) atoms. The standard InChI is InChI=1S/C11H13BrN2O3/c12-10-2-1-9(14(15)16)5-11(10)17-7-8-3-4-13-6-8/h1-2,5,8,13H,3-4,6-7H2. The maximum Gasteiger partial charge on any atom is 0.273 e. The molecular weight excluding hydrogens is 288 g/mol. The zero-order chi connectivity index (χ0) is 12.3. The molecule has 0 radical (unpaired) electrons. The van der Waals surface area contributed by atoms with Crippen LogP contribution >= 0.6 is 15.9 Å². The Morgan fingerprint density at radius 2 is 2.41 bits per heavy atom. The molecule has 1 atom stereocenters. The predicted molar refractivity (Wildman–Crippen MR) is 67.3 cm³/mol. The van der Waals surface area contributed by atoms with E-state index in [0.29, 0.717) is 18.3 Å². The van der Waals surface area contributed by atoms with E-state index in [1.807, 2.05) is 0 Å². The highest BCUT2D eigenvalue weighted by atomic mass is 79.9. The smallest absolute Gasteiger partial charge is 0.273 e. The van der Waals surface area contributed by atoms with Gasteiger partial charge < -0.3 is 10.1 Å². The number of non-ortho nitro benzene ring substituents is 1. The molecule has 0 amide bonds. The highest BCUT2D eigenvalue weighted by molar-refractivity contribution is 9.10. The normalized spacial score (nSPS) is 19.2. The van der Waals surface area contributed by atoms with Gasteiger partial charge in [-0.05, 0) is 35.0 Å². The first-order valence-electron chi connectivity index (χ1n) is 5.44. The first kappa shape index (κ1) is 12.3. The Hall–Kier alpha value is -1.14. The number of nitro groups is 1. The summed E-state index contributed by atoms with van der Waals surface area (Å²) in [6, 6.07) is 4.54. The second-order valence-corrected chi connectivity index (χ2v) is 4.90. The van der Waals surface area contributed by atoms with Crippen molar-refractivity contribution in [2.24, 2.45) is 5.92 Å². The Morgan fingerprint density at radius 3 is 3.06 bits per heavy atom. The highest BCUT2D eigenvalue weighted by Gasteiger charge is 2.16. The van der Waals surface area contributed by atoms with Gasteiger partial charge in [0.1, 0.15) is 5.75 Å². The van der Waals surface area contributed by atoms with Gasteiger partial charge in [0.15, 0.2) is 0 Å². The van der Waals surface area contributed by atoms with Gasteiger partial charge in [0.25, 0.3) is 5.69 Å². The molecule has 92 valence electrons. The molecule has 0 aliphatic carbocycles. The second kappa shape index (κ2) is 5.46. The van der Waals surface area contributed by atoms with Gasteiger partial charge in [-0.2, -0.15) is 0 Å². The molecular formula is C11H13BrN2O3. The van der Waals surface area contributed by atoms with Crippen LogP contribution in [-0.2, 0) is 0 Å². The summed E-state index contributed by atoms with van der Waals surface area (Å²) >= 11 is 3.33. The number of hydrogen-bond acceptors (Lipinski definition) is 4. The minimum atomic E-state index is -0.420. The average molecular weight is 301 g/mol. The summed E-state index contributed by atoms with van der Waals surface area (Å²) in [7, 11) is 0. The zero-order valence-electron chi connectivity index (χ0n) is 9.19. The summed E-state index contributed by atoms with van der Waals surface area (Å²) in [5, 5.41) is 13.9. The van der Waals surface area contributed by atoms with Crippen LogP contribution in [-0.4, -0.2) is 24.6 Å². The molecule has 1 aliphatic heterocycles. The fourth-order valence-electron chi connectivity index (χ4n) is 1.78. The van der Waals surface area contributed by atoms with Crippen molar-refractivity contribution in [2.75, 3.05) is 19.7 Å². The van der Waals surface area contributed by atoms with Gasteiger partial charge in [0.2, 0.25) is 0 Å². The molecule has 1 aromatic carbocycles. The SMILES string of the molecule is O=[N+]([O-])c1ccc(Br)c(OCC2CCNC2)c1. The quantitative estimate of drug-likeness (QED) is 0.685. The van der Waals surface area contributed by atoms with Crippen molar-refractivity contribution >= 4 is 21.6 Å². The molecule has 1 heterocycles. The van der Waals surface area contributed by atoms with Crippen LogP contribution < -0.4 is 10.1 Å². The lowest BCUT2D eigenvalue weighted by molar-refractivity contribution is -0.385. The number of nitro benzene ring substituents is 1. The number of benzene rings is 1. The van der Waals surface area contributed by atoms with Crippen LogP contribution in [0, 0.1) is 16.0 Å². The molecule has 0 spiro atoms. The van der Waals surface area contributed by atoms with E-state index in [-0.39, 0.29) is 5.69 Å². The van der Waals surface area contributed by atoms with E-state index in [0.717, 1.165) is 24.0 Å². The monoisotopic (exact) mass is 300 g/mol. The van der Waals surface area contributed by atoms with Crippen LogP contribution in [0.3, 0.4) is 0 Å². The lowest BCUT2D eigenvalue weighted by Crippen LogP contribution is -2.15. The zero-order valence-corrected chi connectivity index (χ0v) is 10.8. The average Bonchev–Trinajstić information content (AvgIpc) is 2.80. The topological polar surface area (TPSA) is 64.4 Å². The maximum atomic E-state index is 10.6. The van der Waals surface area contributed by atoms with Gasteiger partial charge in [-0.15, -0.1) is 0 Å². The maximum absolute atomic E-state index is 10.6. The number of hydrogen-bond donors (Lipinski definition) is 1. The third kappa shape index (κ3) is 3.17. The van der Waals surface area contributed by atoms with Crippen molar-refractivity contribution < 1.29 is 9.66 Å². The first-order chi connectivity index (χ1) is 8.16. The largest absolute Gasteiger partial charge is 0.492 e. The van der Waals surface area contributed by atoms with Crippen molar-refractivity contribution in [1.82, 2.24) is 5.32 Å². The molecule has 1 N–H and O–H groups in total. The summed E-state index contributed by atoms with van der Waals surface area (Å²) < 4.78 is 6.36. The molecule has 1 saturated heterocycles. The molecule has 0 saturated carbocycles. The minimum Gasteiger partial charge on any atom is -0.492 e. The summed E-state index contributed by atoms with van der Waals surface area (Å²) in [5.74, 6) is 1.02. The number of nitrogens with one attached hydrogen (secondary N) is 1. The molecule has 1 unspecified atom stereocenters.